The van der Waals surface area contributed by atoms with Gasteiger partial charge in [0.05, 0.1) is 11.3 Å². The Morgan fingerprint density at radius 3 is 2.68 bits per heavy atom. The molecule has 4 nitrogen and oxygen atoms in total. The minimum Gasteiger partial charge on any atom is -0.396 e. The molecule has 0 spiro atoms. The zero-order chi connectivity index (χ0) is 14.3. The fourth-order valence-electron chi connectivity index (χ4n) is 2.20. The summed E-state index contributed by atoms with van der Waals surface area (Å²) in [6.45, 7) is 6.65. The molecule has 0 aliphatic heterocycles. The summed E-state index contributed by atoms with van der Waals surface area (Å²) in [5.74, 6) is 0.265. The second-order valence-electron chi connectivity index (χ2n) is 4.96. The van der Waals surface area contributed by atoms with Crippen LogP contribution in [-0.4, -0.2) is 29.1 Å². The largest absolute Gasteiger partial charge is 0.396 e. The van der Waals surface area contributed by atoms with Crippen LogP contribution in [0.15, 0.2) is 12.1 Å². The molecule has 2 N–H and O–H groups in total. The van der Waals surface area contributed by atoms with E-state index in [-0.39, 0.29) is 12.5 Å². The highest BCUT2D eigenvalue weighted by Crippen LogP contribution is 2.11. The molecular formula is C15H24N2O2. The fourth-order valence-corrected chi connectivity index (χ4v) is 2.20. The molecule has 0 radical (unpaired) electrons. The standard InChI is InChI=1S/C15H24N2O2/c1-4-5-13(8-9-18)10-16-15(19)14-7-6-11(2)17-12(14)3/h6-7,13,18H,4-5,8-10H2,1-3H3,(H,16,19). The molecule has 0 bridgehead atoms. The first-order valence-electron chi connectivity index (χ1n) is 6.91. The minimum atomic E-state index is -0.0796. The second kappa shape index (κ2) is 7.89. The zero-order valence-electron chi connectivity index (χ0n) is 12.1. The number of aryl methyl sites for hydroxylation is 2. The quantitative estimate of drug-likeness (QED) is 0.794. The van der Waals surface area contributed by atoms with E-state index in [0.29, 0.717) is 18.0 Å². The lowest BCUT2D eigenvalue weighted by atomic mass is 10.00. The molecule has 1 heterocycles. The monoisotopic (exact) mass is 264 g/mol. The molecule has 19 heavy (non-hydrogen) atoms. The number of carbonyl (C=O) groups is 1. The lowest BCUT2D eigenvalue weighted by Crippen LogP contribution is -2.30. The summed E-state index contributed by atoms with van der Waals surface area (Å²) in [4.78, 5) is 16.4. The predicted octanol–water partition coefficient (Wildman–Crippen LogP) is 2.23. The van der Waals surface area contributed by atoms with E-state index in [1.165, 1.54) is 0 Å². The van der Waals surface area contributed by atoms with E-state index in [0.717, 1.165) is 30.7 Å². The van der Waals surface area contributed by atoms with Crippen LogP contribution in [0.2, 0.25) is 0 Å². The summed E-state index contributed by atoms with van der Waals surface area (Å²) in [5, 5.41) is 11.9. The van der Waals surface area contributed by atoms with Gasteiger partial charge in [0.15, 0.2) is 0 Å². The van der Waals surface area contributed by atoms with Crippen molar-refractivity contribution in [2.45, 2.75) is 40.0 Å². The first-order valence-corrected chi connectivity index (χ1v) is 6.91. The van der Waals surface area contributed by atoms with E-state index < -0.39 is 0 Å². The number of aromatic nitrogens is 1. The molecule has 1 aromatic rings. The topological polar surface area (TPSA) is 62.2 Å². The Balaban J connectivity index is 2.58. The summed E-state index contributed by atoms with van der Waals surface area (Å²) in [6, 6.07) is 3.66. The van der Waals surface area contributed by atoms with Gasteiger partial charge in [-0.05, 0) is 44.7 Å². The van der Waals surface area contributed by atoms with Crippen molar-refractivity contribution in [1.29, 1.82) is 0 Å². The average molecular weight is 264 g/mol. The van der Waals surface area contributed by atoms with Gasteiger partial charge in [0.25, 0.3) is 5.91 Å². The zero-order valence-corrected chi connectivity index (χ0v) is 12.1. The Morgan fingerprint density at radius 1 is 1.37 bits per heavy atom. The first-order chi connectivity index (χ1) is 9.08. The molecular weight excluding hydrogens is 240 g/mol. The maximum absolute atomic E-state index is 12.1. The van der Waals surface area contributed by atoms with Crippen molar-refractivity contribution in [3.63, 3.8) is 0 Å². The van der Waals surface area contributed by atoms with Gasteiger partial charge in [-0.1, -0.05) is 13.3 Å². The first kappa shape index (κ1) is 15.6. The van der Waals surface area contributed by atoms with Crippen LogP contribution in [0.1, 0.15) is 47.9 Å². The van der Waals surface area contributed by atoms with Crippen molar-refractivity contribution in [2.24, 2.45) is 5.92 Å². The lowest BCUT2D eigenvalue weighted by Gasteiger charge is -2.16. The number of rotatable bonds is 7. The molecule has 0 saturated heterocycles. The van der Waals surface area contributed by atoms with Crippen LogP contribution in [-0.2, 0) is 0 Å². The van der Waals surface area contributed by atoms with Crippen molar-refractivity contribution < 1.29 is 9.90 Å². The van der Waals surface area contributed by atoms with Gasteiger partial charge in [-0.15, -0.1) is 0 Å². The number of hydrogen-bond acceptors (Lipinski definition) is 3. The number of pyridine rings is 1. The lowest BCUT2D eigenvalue weighted by molar-refractivity contribution is 0.0942. The Morgan fingerprint density at radius 2 is 2.11 bits per heavy atom. The summed E-state index contributed by atoms with van der Waals surface area (Å²) in [7, 11) is 0. The molecule has 0 saturated carbocycles. The molecule has 0 aliphatic rings. The van der Waals surface area contributed by atoms with Gasteiger partial charge < -0.3 is 10.4 Å². The summed E-state index contributed by atoms with van der Waals surface area (Å²) < 4.78 is 0. The highest BCUT2D eigenvalue weighted by atomic mass is 16.3. The number of aliphatic hydroxyl groups excluding tert-OH is 1. The molecule has 1 rings (SSSR count). The van der Waals surface area contributed by atoms with Crippen LogP contribution in [0.25, 0.3) is 0 Å². The molecule has 1 unspecified atom stereocenters. The van der Waals surface area contributed by atoms with Crippen LogP contribution in [0.3, 0.4) is 0 Å². The van der Waals surface area contributed by atoms with Crippen molar-refractivity contribution in [3.8, 4) is 0 Å². The molecule has 0 aromatic carbocycles. The predicted molar refractivity (Wildman–Crippen MR) is 76.1 cm³/mol. The van der Waals surface area contributed by atoms with E-state index in [2.05, 4.69) is 17.2 Å². The minimum absolute atomic E-state index is 0.0796. The van der Waals surface area contributed by atoms with Crippen molar-refractivity contribution >= 4 is 5.91 Å². The van der Waals surface area contributed by atoms with Crippen molar-refractivity contribution in [3.05, 3.63) is 29.1 Å². The molecule has 4 heteroatoms. The van der Waals surface area contributed by atoms with E-state index in [9.17, 15) is 4.79 Å². The van der Waals surface area contributed by atoms with E-state index in [1.807, 2.05) is 26.0 Å². The van der Waals surface area contributed by atoms with Crippen molar-refractivity contribution in [2.75, 3.05) is 13.2 Å². The molecule has 1 aromatic heterocycles. The van der Waals surface area contributed by atoms with Gasteiger partial charge >= 0.3 is 0 Å². The van der Waals surface area contributed by atoms with Gasteiger partial charge in [-0.2, -0.15) is 0 Å². The van der Waals surface area contributed by atoms with Gasteiger partial charge in [0, 0.05) is 18.8 Å². The molecule has 0 aliphatic carbocycles. The highest BCUT2D eigenvalue weighted by molar-refractivity contribution is 5.95. The SMILES string of the molecule is CCCC(CCO)CNC(=O)c1ccc(C)nc1C. The number of aliphatic hydroxyl groups is 1. The molecule has 106 valence electrons. The third-order valence-corrected chi connectivity index (χ3v) is 3.26. The number of carbonyl (C=O) groups excluding carboxylic acids is 1. The second-order valence-corrected chi connectivity index (χ2v) is 4.96. The summed E-state index contributed by atoms with van der Waals surface area (Å²) >= 11 is 0. The Kier molecular flexibility index (Phi) is 6.50. The van der Waals surface area contributed by atoms with Crippen LogP contribution < -0.4 is 5.32 Å². The Bertz CT molecular complexity index is 413. The average Bonchev–Trinajstić information content (AvgIpc) is 2.36. The van der Waals surface area contributed by atoms with Crippen LogP contribution in [0.5, 0.6) is 0 Å². The van der Waals surface area contributed by atoms with Crippen LogP contribution in [0, 0.1) is 19.8 Å². The number of nitrogens with zero attached hydrogens (tertiary/aromatic N) is 1. The number of nitrogens with one attached hydrogen (secondary N) is 1. The molecule has 0 fully saturated rings. The van der Waals surface area contributed by atoms with E-state index in [4.69, 9.17) is 5.11 Å². The van der Waals surface area contributed by atoms with Crippen LogP contribution in [0.4, 0.5) is 0 Å². The van der Waals surface area contributed by atoms with Gasteiger partial charge in [-0.25, -0.2) is 0 Å². The smallest absolute Gasteiger partial charge is 0.253 e. The Labute approximate surface area is 115 Å². The summed E-state index contributed by atoms with van der Waals surface area (Å²) in [6.07, 6.45) is 2.82. The van der Waals surface area contributed by atoms with Crippen LogP contribution >= 0.6 is 0 Å². The molecule has 1 atom stereocenters. The Hall–Kier alpha value is -1.42. The number of hydrogen-bond donors (Lipinski definition) is 2. The van der Waals surface area contributed by atoms with E-state index >= 15 is 0 Å². The third kappa shape index (κ3) is 4.99. The van der Waals surface area contributed by atoms with Crippen molar-refractivity contribution in [1.82, 2.24) is 10.3 Å². The summed E-state index contributed by atoms with van der Waals surface area (Å²) in [5.41, 5.74) is 2.30. The van der Waals surface area contributed by atoms with E-state index in [1.54, 1.807) is 0 Å². The third-order valence-electron chi connectivity index (χ3n) is 3.26. The molecule has 1 amide bonds. The normalized spacial score (nSPS) is 12.2. The highest BCUT2D eigenvalue weighted by Gasteiger charge is 2.13. The number of amides is 1. The maximum Gasteiger partial charge on any atom is 0.253 e. The fraction of sp³-hybridized carbons (Fsp3) is 0.600. The van der Waals surface area contributed by atoms with Gasteiger partial charge in [0.2, 0.25) is 0 Å². The van der Waals surface area contributed by atoms with Gasteiger partial charge in [0.1, 0.15) is 0 Å². The van der Waals surface area contributed by atoms with Gasteiger partial charge in [-0.3, -0.25) is 9.78 Å². The maximum atomic E-state index is 12.1.